The number of carbonyl (C=O) groups excluding carboxylic acids is 1. The Morgan fingerprint density at radius 3 is 2.53 bits per heavy atom. The molecule has 8 nitrogen and oxygen atoms in total. The standard InChI is InChI=1S/C22H25N5O3S2/c1-16-10-17(2)12-20(11-16)27-22(23-24-25-27)31-14-21(28)26(13-18-6-4-3-5-7-18)19-8-9-32(29,30)15-19/h3-7,10-12,19H,8-9,13-15H2,1-2H3/t19-/m0/s1. The molecule has 32 heavy (non-hydrogen) atoms. The van der Waals surface area contributed by atoms with Crippen LogP contribution in [0.2, 0.25) is 0 Å². The van der Waals surface area contributed by atoms with Crippen molar-refractivity contribution in [1.29, 1.82) is 0 Å². The number of hydrogen-bond donors (Lipinski definition) is 0. The molecule has 1 saturated heterocycles. The molecule has 2 heterocycles. The van der Waals surface area contributed by atoms with E-state index in [-0.39, 0.29) is 29.2 Å². The molecule has 1 aromatic heterocycles. The summed E-state index contributed by atoms with van der Waals surface area (Å²) in [5, 5.41) is 12.5. The van der Waals surface area contributed by atoms with E-state index >= 15 is 0 Å². The van der Waals surface area contributed by atoms with E-state index in [2.05, 4.69) is 21.6 Å². The summed E-state index contributed by atoms with van der Waals surface area (Å²) in [6, 6.07) is 15.4. The lowest BCUT2D eigenvalue weighted by molar-refractivity contribution is -0.130. The molecule has 0 N–H and O–H groups in total. The van der Waals surface area contributed by atoms with Crippen LogP contribution in [0.15, 0.2) is 53.7 Å². The van der Waals surface area contributed by atoms with Crippen molar-refractivity contribution in [1.82, 2.24) is 25.1 Å². The highest BCUT2D eigenvalue weighted by atomic mass is 32.2. The van der Waals surface area contributed by atoms with Gasteiger partial charge in [-0.2, -0.15) is 4.68 Å². The van der Waals surface area contributed by atoms with Crippen LogP contribution in [0.4, 0.5) is 0 Å². The topological polar surface area (TPSA) is 98.1 Å². The summed E-state index contributed by atoms with van der Waals surface area (Å²) < 4.78 is 25.7. The van der Waals surface area contributed by atoms with E-state index < -0.39 is 9.84 Å². The zero-order valence-corrected chi connectivity index (χ0v) is 19.6. The van der Waals surface area contributed by atoms with Crippen LogP contribution in [0.1, 0.15) is 23.1 Å². The SMILES string of the molecule is Cc1cc(C)cc(-n2nnnc2SCC(=O)N(Cc2ccccc2)[C@H]2CCS(=O)(=O)C2)c1. The van der Waals surface area contributed by atoms with Gasteiger partial charge in [-0.15, -0.1) is 5.10 Å². The molecule has 10 heteroatoms. The van der Waals surface area contributed by atoms with E-state index in [9.17, 15) is 13.2 Å². The number of rotatable bonds is 7. The molecule has 0 spiro atoms. The largest absolute Gasteiger partial charge is 0.334 e. The lowest BCUT2D eigenvalue weighted by atomic mass is 10.1. The van der Waals surface area contributed by atoms with E-state index in [1.54, 1.807) is 9.58 Å². The van der Waals surface area contributed by atoms with Gasteiger partial charge >= 0.3 is 0 Å². The molecule has 0 aliphatic carbocycles. The summed E-state index contributed by atoms with van der Waals surface area (Å²) in [5.74, 6) is 0.121. The molecule has 168 valence electrons. The molecule has 0 saturated carbocycles. The van der Waals surface area contributed by atoms with Crippen LogP contribution in [0, 0.1) is 13.8 Å². The molecule has 3 aromatic rings. The third-order valence-corrected chi connectivity index (χ3v) is 8.04. The van der Waals surface area contributed by atoms with Crippen molar-refractivity contribution in [3.05, 3.63) is 65.2 Å². The Kier molecular flexibility index (Phi) is 6.61. The second-order valence-corrected chi connectivity index (χ2v) is 11.2. The summed E-state index contributed by atoms with van der Waals surface area (Å²) >= 11 is 1.25. The third-order valence-electron chi connectivity index (χ3n) is 5.38. The van der Waals surface area contributed by atoms with Gasteiger partial charge in [0, 0.05) is 12.6 Å². The monoisotopic (exact) mass is 471 g/mol. The molecule has 0 unspecified atom stereocenters. The maximum atomic E-state index is 13.2. The van der Waals surface area contributed by atoms with Gasteiger partial charge in [-0.05, 0) is 59.5 Å². The summed E-state index contributed by atoms with van der Waals surface area (Å²) in [4.78, 5) is 14.9. The molecule has 1 amide bonds. The van der Waals surface area contributed by atoms with Crippen molar-refractivity contribution < 1.29 is 13.2 Å². The molecule has 1 atom stereocenters. The predicted octanol–water partition coefficient (Wildman–Crippen LogP) is 2.59. The Hall–Kier alpha value is -2.72. The van der Waals surface area contributed by atoms with Crippen LogP contribution in [-0.4, -0.2) is 62.7 Å². The minimum atomic E-state index is -3.11. The zero-order chi connectivity index (χ0) is 22.7. The molecular weight excluding hydrogens is 446 g/mol. The highest BCUT2D eigenvalue weighted by molar-refractivity contribution is 7.99. The minimum Gasteiger partial charge on any atom is -0.334 e. The fraction of sp³-hybridized carbons (Fsp3) is 0.364. The van der Waals surface area contributed by atoms with E-state index in [1.165, 1.54) is 11.8 Å². The first-order valence-corrected chi connectivity index (χ1v) is 13.1. The summed E-state index contributed by atoms with van der Waals surface area (Å²) in [6.45, 7) is 4.39. The number of aromatic nitrogens is 4. The van der Waals surface area contributed by atoms with Gasteiger partial charge in [0.1, 0.15) is 0 Å². The van der Waals surface area contributed by atoms with Crippen LogP contribution in [0.3, 0.4) is 0 Å². The number of tetrazole rings is 1. The second-order valence-electron chi connectivity index (χ2n) is 8.07. The number of amides is 1. The molecule has 1 fully saturated rings. The summed E-state index contributed by atoms with van der Waals surface area (Å²) in [5.41, 5.74) is 4.00. The maximum absolute atomic E-state index is 13.2. The van der Waals surface area contributed by atoms with Gasteiger partial charge in [0.15, 0.2) is 9.84 Å². The van der Waals surface area contributed by atoms with Gasteiger partial charge in [-0.25, -0.2) is 8.42 Å². The van der Waals surface area contributed by atoms with Crippen molar-refractivity contribution in [3.8, 4) is 5.69 Å². The Balaban J connectivity index is 1.51. The van der Waals surface area contributed by atoms with Crippen LogP contribution in [0.5, 0.6) is 0 Å². The Labute approximate surface area is 191 Å². The average molecular weight is 472 g/mol. The highest BCUT2D eigenvalue weighted by Crippen LogP contribution is 2.24. The average Bonchev–Trinajstić information content (AvgIpc) is 3.36. The summed E-state index contributed by atoms with van der Waals surface area (Å²) in [6.07, 6.45) is 0.464. The van der Waals surface area contributed by atoms with Crippen molar-refractivity contribution in [2.45, 2.75) is 38.0 Å². The van der Waals surface area contributed by atoms with Crippen molar-refractivity contribution in [2.75, 3.05) is 17.3 Å². The Morgan fingerprint density at radius 2 is 1.88 bits per heavy atom. The van der Waals surface area contributed by atoms with E-state index in [0.717, 1.165) is 22.4 Å². The second kappa shape index (κ2) is 9.41. The Morgan fingerprint density at radius 1 is 1.16 bits per heavy atom. The van der Waals surface area contributed by atoms with Crippen molar-refractivity contribution >= 4 is 27.5 Å². The Bertz CT molecular complexity index is 1190. The fourth-order valence-corrected chi connectivity index (χ4v) is 6.44. The maximum Gasteiger partial charge on any atom is 0.233 e. The zero-order valence-electron chi connectivity index (χ0n) is 18.0. The van der Waals surface area contributed by atoms with Gasteiger partial charge in [0.25, 0.3) is 0 Å². The predicted molar refractivity (Wildman–Crippen MR) is 123 cm³/mol. The minimum absolute atomic E-state index is 0.0105. The van der Waals surface area contributed by atoms with Crippen molar-refractivity contribution in [2.24, 2.45) is 0 Å². The van der Waals surface area contributed by atoms with Gasteiger partial charge in [-0.3, -0.25) is 4.79 Å². The number of thioether (sulfide) groups is 1. The van der Waals surface area contributed by atoms with Gasteiger partial charge < -0.3 is 4.90 Å². The fourth-order valence-electron chi connectivity index (χ4n) is 3.94. The van der Waals surface area contributed by atoms with Crippen LogP contribution in [-0.2, 0) is 21.2 Å². The number of sulfone groups is 1. The molecule has 1 aliphatic heterocycles. The molecule has 4 rings (SSSR count). The molecule has 0 bridgehead atoms. The van der Waals surface area contributed by atoms with Crippen LogP contribution in [0.25, 0.3) is 5.69 Å². The van der Waals surface area contributed by atoms with Crippen LogP contribution >= 0.6 is 11.8 Å². The van der Waals surface area contributed by atoms with E-state index in [4.69, 9.17) is 0 Å². The van der Waals surface area contributed by atoms with Crippen LogP contribution < -0.4 is 0 Å². The highest BCUT2D eigenvalue weighted by Gasteiger charge is 2.34. The molecule has 1 aliphatic rings. The first-order chi connectivity index (χ1) is 15.3. The summed E-state index contributed by atoms with van der Waals surface area (Å²) in [7, 11) is -3.11. The number of hydrogen-bond acceptors (Lipinski definition) is 7. The molecule has 0 radical (unpaired) electrons. The van der Waals surface area contributed by atoms with Gasteiger partial charge in [0.05, 0.1) is 22.9 Å². The van der Waals surface area contributed by atoms with E-state index in [1.807, 2.05) is 56.3 Å². The van der Waals surface area contributed by atoms with Gasteiger partial charge in [-0.1, -0.05) is 48.2 Å². The number of benzene rings is 2. The van der Waals surface area contributed by atoms with E-state index in [0.29, 0.717) is 18.1 Å². The number of carbonyl (C=O) groups is 1. The molecular formula is C22H25N5O3S2. The number of nitrogens with zero attached hydrogens (tertiary/aromatic N) is 5. The normalized spacial score (nSPS) is 17.4. The lowest BCUT2D eigenvalue weighted by Gasteiger charge is -2.28. The smallest absolute Gasteiger partial charge is 0.233 e. The first-order valence-electron chi connectivity index (χ1n) is 10.3. The lowest BCUT2D eigenvalue weighted by Crippen LogP contribution is -2.41. The number of aryl methyl sites for hydroxylation is 2. The molecule has 2 aromatic carbocycles. The third kappa shape index (κ3) is 5.36. The van der Waals surface area contributed by atoms with Crippen molar-refractivity contribution in [3.63, 3.8) is 0 Å². The quantitative estimate of drug-likeness (QED) is 0.489. The van der Waals surface area contributed by atoms with Gasteiger partial charge in [0.2, 0.25) is 11.1 Å². The first kappa shape index (κ1) is 22.5.